The number of aromatic nitrogens is 2. The molecule has 0 aliphatic heterocycles. The van der Waals surface area contributed by atoms with E-state index in [1.807, 2.05) is 24.3 Å². The molecule has 0 unspecified atom stereocenters. The molecule has 0 saturated carbocycles. The second-order valence-electron chi connectivity index (χ2n) is 5.36. The van der Waals surface area contributed by atoms with E-state index in [0.717, 1.165) is 11.3 Å². The molecule has 0 aliphatic carbocycles. The summed E-state index contributed by atoms with van der Waals surface area (Å²) in [5.74, 6) is -0.257. The second kappa shape index (κ2) is 6.19. The maximum Gasteiger partial charge on any atom is 0.340 e. The molecule has 7 nitrogen and oxygen atoms in total. The van der Waals surface area contributed by atoms with Crippen LogP contribution >= 0.6 is 0 Å². The van der Waals surface area contributed by atoms with Gasteiger partial charge in [-0.2, -0.15) is 0 Å². The lowest BCUT2D eigenvalue weighted by Gasteiger charge is -2.06. The Morgan fingerprint density at radius 3 is 2.67 bits per heavy atom. The summed E-state index contributed by atoms with van der Waals surface area (Å²) < 4.78 is 11.8. The molecule has 1 aromatic carbocycles. The quantitative estimate of drug-likeness (QED) is 0.772. The molecular formula is C17H16N2O5. The molecule has 0 bridgehead atoms. The van der Waals surface area contributed by atoms with Crippen LogP contribution in [0.25, 0.3) is 11.1 Å². The number of benzene rings is 1. The number of aromatic carboxylic acids is 1. The van der Waals surface area contributed by atoms with Crippen molar-refractivity contribution in [1.82, 2.24) is 9.55 Å². The highest BCUT2D eigenvalue weighted by Gasteiger charge is 2.22. The van der Waals surface area contributed by atoms with Crippen molar-refractivity contribution in [3.8, 4) is 5.75 Å². The van der Waals surface area contributed by atoms with Gasteiger partial charge in [-0.3, -0.25) is 9.36 Å². The zero-order chi connectivity index (χ0) is 17.3. The van der Waals surface area contributed by atoms with Crippen LogP contribution in [-0.2, 0) is 13.0 Å². The van der Waals surface area contributed by atoms with Gasteiger partial charge in [-0.25, -0.2) is 9.78 Å². The summed E-state index contributed by atoms with van der Waals surface area (Å²) in [5.41, 5.74) is 0.546. The van der Waals surface area contributed by atoms with Gasteiger partial charge in [0.05, 0.1) is 7.11 Å². The summed E-state index contributed by atoms with van der Waals surface area (Å²) in [6.07, 6.45) is 1.99. The van der Waals surface area contributed by atoms with Crippen molar-refractivity contribution in [2.45, 2.75) is 19.9 Å². The number of carbonyl (C=O) groups is 1. The lowest BCUT2D eigenvalue weighted by Crippen LogP contribution is -2.22. The molecular weight excluding hydrogens is 312 g/mol. The first-order chi connectivity index (χ1) is 11.5. The number of nitrogens with zero attached hydrogens (tertiary/aromatic N) is 2. The molecule has 3 rings (SSSR count). The molecule has 0 radical (unpaired) electrons. The number of hydrogen-bond donors (Lipinski definition) is 1. The predicted molar refractivity (Wildman–Crippen MR) is 86.7 cm³/mol. The van der Waals surface area contributed by atoms with Gasteiger partial charge in [0.25, 0.3) is 5.56 Å². The number of hydrogen-bond acceptors (Lipinski definition) is 5. The molecule has 124 valence electrons. The third-order valence-corrected chi connectivity index (χ3v) is 3.87. The van der Waals surface area contributed by atoms with Crippen molar-refractivity contribution in [3.05, 3.63) is 57.8 Å². The minimum absolute atomic E-state index is 0.0113. The topological polar surface area (TPSA) is 94.6 Å². The molecule has 24 heavy (non-hydrogen) atoms. The number of ether oxygens (including phenoxy) is 1. The molecule has 2 heterocycles. The Morgan fingerprint density at radius 1 is 1.33 bits per heavy atom. The van der Waals surface area contributed by atoms with Crippen LogP contribution in [0.3, 0.4) is 0 Å². The van der Waals surface area contributed by atoms with E-state index in [4.69, 9.17) is 9.15 Å². The van der Waals surface area contributed by atoms with E-state index in [2.05, 4.69) is 4.98 Å². The number of fused-ring (bicyclic) bond motifs is 1. The van der Waals surface area contributed by atoms with Gasteiger partial charge >= 0.3 is 5.97 Å². The summed E-state index contributed by atoms with van der Waals surface area (Å²) in [6, 6.07) is 7.53. The fourth-order valence-electron chi connectivity index (χ4n) is 2.60. The molecule has 0 aliphatic rings. The van der Waals surface area contributed by atoms with Gasteiger partial charge in [0, 0.05) is 6.54 Å². The first-order valence-electron chi connectivity index (χ1n) is 7.36. The minimum Gasteiger partial charge on any atom is -0.497 e. The van der Waals surface area contributed by atoms with Gasteiger partial charge in [-0.1, -0.05) is 12.1 Å². The minimum atomic E-state index is -1.20. The maximum atomic E-state index is 12.6. The summed E-state index contributed by atoms with van der Waals surface area (Å²) in [4.78, 5) is 28.0. The first-order valence-corrected chi connectivity index (χ1v) is 7.36. The average molecular weight is 328 g/mol. The molecule has 0 saturated heterocycles. The third-order valence-electron chi connectivity index (χ3n) is 3.87. The van der Waals surface area contributed by atoms with Crippen LogP contribution in [0.5, 0.6) is 5.75 Å². The second-order valence-corrected chi connectivity index (χ2v) is 5.36. The van der Waals surface area contributed by atoms with Crippen LogP contribution in [0.2, 0.25) is 0 Å². The van der Waals surface area contributed by atoms with Crippen molar-refractivity contribution >= 4 is 17.1 Å². The number of furan rings is 1. The number of carboxylic acids is 1. The Labute approximate surface area is 137 Å². The van der Waals surface area contributed by atoms with Crippen molar-refractivity contribution in [2.24, 2.45) is 0 Å². The summed E-state index contributed by atoms with van der Waals surface area (Å²) in [6.45, 7) is 1.89. The largest absolute Gasteiger partial charge is 0.497 e. The summed E-state index contributed by atoms with van der Waals surface area (Å²) in [7, 11) is 1.60. The van der Waals surface area contributed by atoms with E-state index in [9.17, 15) is 14.7 Å². The first kappa shape index (κ1) is 15.8. The lowest BCUT2D eigenvalue weighted by molar-refractivity contribution is 0.0697. The van der Waals surface area contributed by atoms with E-state index in [1.54, 1.807) is 7.11 Å². The van der Waals surface area contributed by atoms with Crippen LogP contribution in [0, 0.1) is 6.92 Å². The highest BCUT2D eigenvalue weighted by atomic mass is 16.5. The summed E-state index contributed by atoms with van der Waals surface area (Å²) >= 11 is 0. The van der Waals surface area contributed by atoms with Crippen LogP contribution in [-0.4, -0.2) is 27.7 Å². The fourth-order valence-corrected chi connectivity index (χ4v) is 2.60. The standard InChI is InChI=1S/C17H16N2O5/c1-10-13(17(21)22)14-15(24-10)18-9-19(16(14)20)8-7-11-3-5-12(23-2)6-4-11/h3-6,9H,7-8H2,1-2H3,(H,21,22). The Balaban J connectivity index is 1.92. The van der Waals surface area contributed by atoms with Crippen LogP contribution < -0.4 is 10.3 Å². The summed E-state index contributed by atoms with van der Waals surface area (Å²) in [5, 5.41) is 9.29. The zero-order valence-electron chi connectivity index (χ0n) is 13.3. The van der Waals surface area contributed by atoms with Gasteiger partial charge in [0.1, 0.15) is 28.8 Å². The predicted octanol–water partition coefficient (Wildman–Crippen LogP) is 2.25. The average Bonchev–Trinajstić information content (AvgIpc) is 2.92. The maximum absolute atomic E-state index is 12.6. The van der Waals surface area contributed by atoms with Crippen LogP contribution in [0.1, 0.15) is 21.7 Å². The van der Waals surface area contributed by atoms with Crippen molar-refractivity contribution in [3.63, 3.8) is 0 Å². The SMILES string of the molecule is COc1ccc(CCn2cnc3oc(C)c(C(=O)O)c3c2=O)cc1. The Kier molecular flexibility index (Phi) is 4.07. The third kappa shape index (κ3) is 2.76. The molecule has 7 heteroatoms. The zero-order valence-corrected chi connectivity index (χ0v) is 13.3. The van der Waals surface area contributed by atoms with Crippen molar-refractivity contribution in [1.29, 1.82) is 0 Å². The van der Waals surface area contributed by atoms with Gasteiger partial charge in [0.2, 0.25) is 5.71 Å². The Bertz CT molecular complexity index is 954. The lowest BCUT2D eigenvalue weighted by atomic mass is 10.1. The number of aryl methyl sites for hydroxylation is 3. The molecule has 0 fully saturated rings. The monoisotopic (exact) mass is 328 g/mol. The number of methoxy groups -OCH3 is 1. The Hall–Kier alpha value is -3.09. The van der Waals surface area contributed by atoms with E-state index >= 15 is 0 Å². The number of rotatable bonds is 5. The van der Waals surface area contributed by atoms with Crippen LogP contribution in [0.15, 0.2) is 39.8 Å². The van der Waals surface area contributed by atoms with Crippen molar-refractivity contribution in [2.75, 3.05) is 7.11 Å². The smallest absolute Gasteiger partial charge is 0.340 e. The molecule has 0 amide bonds. The molecule has 2 aromatic heterocycles. The van der Waals surface area contributed by atoms with E-state index in [0.29, 0.717) is 13.0 Å². The van der Waals surface area contributed by atoms with Crippen molar-refractivity contribution < 1.29 is 19.1 Å². The highest BCUT2D eigenvalue weighted by molar-refractivity contribution is 6.02. The van der Waals surface area contributed by atoms with Crippen LogP contribution in [0.4, 0.5) is 0 Å². The van der Waals surface area contributed by atoms with E-state index < -0.39 is 11.5 Å². The number of carboxylic acid groups (broad SMARTS) is 1. The highest BCUT2D eigenvalue weighted by Crippen LogP contribution is 2.20. The van der Waals surface area contributed by atoms with Gasteiger partial charge in [-0.05, 0) is 31.0 Å². The Morgan fingerprint density at radius 2 is 2.04 bits per heavy atom. The molecule has 3 aromatic rings. The molecule has 0 spiro atoms. The normalized spacial score (nSPS) is 10.9. The van der Waals surface area contributed by atoms with Gasteiger partial charge in [-0.15, -0.1) is 0 Å². The van der Waals surface area contributed by atoms with E-state index in [1.165, 1.54) is 17.8 Å². The fraction of sp³-hybridized carbons (Fsp3) is 0.235. The van der Waals surface area contributed by atoms with Gasteiger partial charge < -0.3 is 14.3 Å². The van der Waals surface area contributed by atoms with E-state index in [-0.39, 0.29) is 22.4 Å². The van der Waals surface area contributed by atoms with Gasteiger partial charge in [0.15, 0.2) is 0 Å². The molecule has 1 N–H and O–H groups in total. The molecule has 0 atom stereocenters.